The Kier molecular flexibility index (Phi) is 3.68. The summed E-state index contributed by atoms with van der Waals surface area (Å²) in [4.78, 5) is 3.86. The first-order valence-corrected chi connectivity index (χ1v) is 7.53. The Bertz CT molecular complexity index is 608. The number of halogens is 3. The quantitative estimate of drug-likeness (QED) is 0.796. The van der Waals surface area contributed by atoms with Crippen molar-refractivity contribution in [3.63, 3.8) is 0 Å². The van der Waals surface area contributed by atoms with E-state index in [0.29, 0.717) is 5.46 Å². The van der Waals surface area contributed by atoms with Crippen molar-refractivity contribution in [2.75, 3.05) is 6.61 Å². The summed E-state index contributed by atoms with van der Waals surface area (Å²) in [6, 6.07) is 1.20. The normalized spacial score (nSPS) is 27.1. The van der Waals surface area contributed by atoms with Crippen LogP contribution in [0.4, 0.5) is 13.2 Å². The van der Waals surface area contributed by atoms with Crippen LogP contribution in [0.3, 0.4) is 0 Å². The first-order valence-electron chi connectivity index (χ1n) is 7.53. The molecule has 126 valence electrons. The molecule has 0 aromatic carbocycles. The third-order valence-electron chi connectivity index (χ3n) is 4.73. The molecule has 23 heavy (non-hydrogen) atoms. The van der Waals surface area contributed by atoms with Crippen molar-refractivity contribution in [2.24, 2.45) is 5.92 Å². The van der Waals surface area contributed by atoms with Crippen LogP contribution in [-0.2, 0) is 9.31 Å². The molecule has 0 amide bonds. The highest BCUT2D eigenvalue weighted by molar-refractivity contribution is 6.62. The van der Waals surface area contributed by atoms with E-state index in [9.17, 15) is 13.2 Å². The minimum Gasteiger partial charge on any atom is -0.475 e. The fourth-order valence-electron chi connectivity index (χ4n) is 2.28. The van der Waals surface area contributed by atoms with Gasteiger partial charge in [-0.3, -0.25) is 0 Å². The monoisotopic (exact) mass is 329 g/mol. The molecule has 0 radical (unpaired) electrons. The Balaban J connectivity index is 1.68. The van der Waals surface area contributed by atoms with Crippen LogP contribution in [0.15, 0.2) is 12.3 Å². The molecule has 8 heteroatoms. The highest BCUT2D eigenvalue weighted by Crippen LogP contribution is 2.48. The maximum atomic E-state index is 14.1. The predicted molar refractivity (Wildman–Crippen MR) is 78.5 cm³/mol. The maximum absolute atomic E-state index is 14.1. The zero-order valence-electron chi connectivity index (χ0n) is 13.5. The molecule has 0 spiro atoms. The Morgan fingerprint density at radius 2 is 1.83 bits per heavy atom. The van der Waals surface area contributed by atoms with Gasteiger partial charge in [0.1, 0.15) is 0 Å². The van der Waals surface area contributed by atoms with Gasteiger partial charge in [-0.15, -0.1) is 0 Å². The molecule has 1 aromatic rings. The van der Waals surface area contributed by atoms with E-state index >= 15 is 0 Å². The molecular formula is C15H19BF3NO3. The Morgan fingerprint density at radius 1 is 1.26 bits per heavy atom. The first-order chi connectivity index (χ1) is 10.5. The van der Waals surface area contributed by atoms with Crippen LogP contribution in [0.5, 0.6) is 5.88 Å². The molecule has 1 aliphatic carbocycles. The van der Waals surface area contributed by atoms with Gasteiger partial charge in [-0.2, -0.15) is 0 Å². The Labute approximate surface area is 133 Å². The molecule has 4 nitrogen and oxygen atoms in total. The van der Waals surface area contributed by atoms with Gasteiger partial charge in [-0.05, 0) is 33.8 Å². The summed E-state index contributed by atoms with van der Waals surface area (Å²) in [7, 11) is -0.733. The van der Waals surface area contributed by atoms with Crippen LogP contribution >= 0.6 is 0 Å². The number of ether oxygens (including phenoxy) is 1. The lowest BCUT2D eigenvalue weighted by molar-refractivity contribution is 0.00578. The molecule has 1 atom stereocenters. The first kappa shape index (κ1) is 16.6. The summed E-state index contributed by atoms with van der Waals surface area (Å²) in [5.41, 5.74) is -0.660. The van der Waals surface area contributed by atoms with E-state index in [1.54, 1.807) is 0 Å². The van der Waals surface area contributed by atoms with Crippen molar-refractivity contribution >= 4 is 12.6 Å². The average molecular weight is 329 g/mol. The predicted octanol–water partition coefficient (Wildman–Crippen LogP) is 2.55. The van der Waals surface area contributed by atoms with Gasteiger partial charge in [-0.1, -0.05) is 0 Å². The number of pyridine rings is 1. The number of alkyl halides is 2. The fourth-order valence-corrected chi connectivity index (χ4v) is 2.28. The van der Waals surface area contributed by atoms with E-state index in [2.05, 4.69) is 4.98 Å². The molecule has 2 heterocycles. The summed E-state index contributed by atoms with van der Waals surface area (Å²) in [5.74, 6) is -4.56. The molecule has 1 aliphatic heterocycles. The number of nitrogens with zero attached hydrogens (tertiary/aromatic N) is 1. The van der Waals surface area contributed by atoms with Crippen LogP contribution < -0.4 is 10.2 Å². The van der Waals surface area contributed by atoms with Gasteiger partial charge in [0.2, 0.25) is 5.88 Å². The lowest BCUT2D eigenvalue weighted by atomic mass is 9.80. The molecule has 1 unspecified atom stereocenters. The largest absolute Gasteiger partial charge is 0.496 e. The molecule has 2 fully saturated rings. The summed E-state index contributed by atoms with van der Waals surface area (Å²) in [6.45, 7) is 7.33. The van der Waals surface area contributed by atoms with E-state index in [1.165, 1.54) is 12.3 Å². The lowest BCUT2D eigenvalue weighted by Crippen LogP contribution is -2.41. The molecule has 0 bridgehead atoms. The van der Waals surface area contributed by atoms with Crippen LogP contribution in [0.2, 0.25) is 0 Å². The van der Waals surface area contributed by atoms with Crippen molar-refractivity contribution in [1.29, 1.82) is 0 Å². The van der Waals surface area contributed by atoms with E-state index in [-0.39, 0.29) is 18.9 Å². The second-order valence-corrected chi connectivity index (χ2v) is 7.12. The Morgan fingerprint density at radius 3 is 2.30 bits per heavy atom. The second kappa shape index (κ2) is 5.11. The highest BCUT2D eigenvalue weighted by Gasteiger charge is 2.57. The van der Waals surface area contributed by atoms with E-state index in [0.717, 1.165) is 0 Å². The summed E-state index contributed by atoms with van der Waals surface area (Å²) < 4.78 is 56.3. The van der Waals surface area contributed by atoms with Gasteiger partial charge in [0.25, 0.3) is 5.92 Å². The topological polar surface area (TPSA) is 40.6 Å². The zero-order chi connectivity index (χ0) is 17.0. The van der Waals surface area contributed by atoms with Crippen LogP contribution in [-0.4, -0.2) is 35.8 Å². The van der Waals surface area contributed by atoms with Crippen molar-refractivity contribution < 1.29 is 27.2 Å². The molecule has 1 saturated carbocycles. The summed E-state index contributed by atoms with van der Waals surface area (Å²) in [5, 5.41) is 0. The van der Waals surface area contributed by atoms with Crippen LogP contribution in [0, 0.1) is 11.7 Å². The average Bonchev–Trinajstić information content (AvgIpc) is 2.95. The van der Waals surface area contributed by atoms with Crippen LogP contribution in [0.25, 0.3) is 0 Å². The number of rotatable bonds is 4. The molecule has 0 N–H and O–H groups in total. The lowest BCUT2D eigenvalue weighted by Gasteiger charge is -2.32. The highest BCUT2D eigenvalue weighted by atomic mass is 19.3. The van der Waals surface area contributed by atoms with E-state index in [1.807, 2.05) is 27.7 Å². The van der Waals surface area contributed by atoms with Crippen molar-refractivity contribution in [3.8, 4) is 5.88 Å². The fraction of sp³-hybridized carbons (Fsp3) is 0.667. The summed E-state index contributed by atoms with van der Waals surface area (Å²) >= 11 is 0. The molecule has 3 rings (SSSR count). The third-order valence-corrected chi connectivity index (χ3v) is 4.73. The van der Waals surface area contributed by atoms with Gasteiger partial charge >= 0.3 is 7.12 Å². The standard InChI is InChI=1S/C15H19BF3NO3/c1-13(2)14(3,4)23-16(22-13)10-5-11(17)12(20-7-10)21-8-9-6-15(9,18)19/h5,7,9H,6,8H2,1-4H3. The SMILES string of the molecule is CC1(C)OB(c2cnc(OCC3CC3(F)F)c(F)c2)OC1(C)C. The number of hydrogen-bond donors (Lipinski definition) is 0. The molecular weight excluding hydrogens is 310 g/mol. The van der Waals surface area contributed by atoms with Gasteiger partial charge in [0.05, 0.1) is 23.7 Å². The number of aromatic nitrogens is 1. The van der Waals surface area contributed by atoms with Gasteiger partial charge in [0, 0.05) is 18.1 Å². The smallest absolute Gasteiger partial charge is 0.475 e. The van der Waals surface area contributed by atoms with Crippen molar-refractivity contribution in [2.45, 2.75) is 51.2 Å². The molecule has 1 saturated heterocycles. The molecule has 1 aromatic heterocycles. The minimum absolute atomic E-state index is 0.222. The van der Waals surface area contributed by atoms with E-state index < -0.39 is 36.0 Å². The van der Waals surface area contributed by atoms with Gasteiger partial charge in [0.15, 0.2) is 5.82 Å². The van der Waals surface area contributed by atoms with Gasteiger partial charge < -0.3 is 14.0 Å². The summed E-state index contributed by atoms with van der Waals surface area (Å²) in [6.07, 6.45) is 1.16. The van der Waals surface area contributed by atoms with Crippen molar-refractivity contribution in [3.05, 3.63) is 18.1 Å². The maximum Gasteiger partial charge on any atom is 0.496 e. The minimum atomic E-state index is -2.70. The van der Waals surface area contributed by atoms with Crippen LogP contribution in [0.1, 0.15) is 34.1 Å². The number of hydrogen-bond acceptors (Lipinski definition) is 4. The van der Waals surface area contributed by atoms with Gasteiger partial charge in [-0.25, -0.2) is 18.2 Å². The Hall–Kier alpha value is -1.28. The zero-order valence-corrected chi connectivity index (χ0v) is 13.5. The second-order valence-electron chi connectivity index (χ2n) is 7.12. The molecule has 2 aliphatic rings. The third kappa shape index (κ3) is 3.06. The van der Waals surface area contributed by atoms with Crippen molar-refractivity contribution in [1.82, 2.24) is 4.98 Å². The van der Waals surface area contributed by atoms with E-state index in [4.69, 9.17) is 14.0 Å².